The Balaban J connectivity index is 1.97. The zero-order valence-corrected chi connectivity index (χ0v) is 12.4. The first kappa shape index (κ1) is 14.3. The minimum Gasteiger partial charge on any atom is -0.497 e. The number of hydrogen-bond donors (Lipinski definition) is 1. The van der Waals surface area contributed by atoms with Crippen molar-refractivity contribution in [1.82, 2.24) is 0 Å². The zero-order valence-electron chi connectivity index (χ0n) is 12.4. The van der Waals surface area contributed by atoms with Crippen molar-refractivity contribution in [2.75, 3.05) is 20.8 Å². The van der Waals surface area contributed by atoms with E-state index < -0.39 is 0 Å². The molecule has 22 heavy (non-hydrogen) atoms. The fourth-order valence-corrected chi connectivity index (χ4v) is 2.61. The van der Waals surface area contributed by atoms with E-state index >= 15 is 0 Å². The molecule has 0 saturated carbocycles. The van der Waals surface area contributed by atoms with E-state index in [0.717, 1.165) is 16.9 Å². The van der Waals surface area contributed by atoms with Crippen molar-refractivity contribution in [3.05, 3.63) is 53.6 Å². The van der Waals surface area contributed by atoms with Gasteiger partial charge in [-0.1, -0.05) is 17.3 Å². The number of ether oxygens (including phenoxy) is 3. The smallest absolute Gasteiger partial charge is 0.132 e. The average Bonchev–Trinajstić information content (AvgIpc) is 2.60. The Morgan fingerprint density at radius 1 is 1.05 bits per heavy atom. The summed E-state index contributed by atoms with van der Waals surface area (Å²) in [7, 11) is 3.23. The predicted molar refractivity (Wildman–Crippen MR) is 82.5 cm³/mol. The van der Waals surface area contributed by atoms with Gasteiger partial charge in [-0.3, -0.25) is 0 Å². The van der Waals surface area contributed by atoms with Gasteiger partial charge in [0.2, 0.25) is 0 Å². The van der Waals surface area contributed by atoms with E-state index in [1.165, 1.54) is 0 Å². The highest BCUT2D eigenvalue weighted by Crippen LogP contribution is 2.35. The van der Waals surface area contributed by atoms with Crippen molar-refractivity contribution in [2.45, 2.75) is 5.92 Å². The first-order chi connectivity index (χ1) is 10.8. The van der Waals surface area contributed by atoms with Gasteiger partial charge in [-0.15, -0.1) is 0 Å². The fourth-order valence-electron chi connectivity index (χ4n) is 2.61. The molecule has 114 valence electrons. The van der Waals surface area contributed by atoms with Gasteiger partial charge in [-0.05, 0) is 29.8 Å². The third-order valence-electron chi connectivity index (χ3n) is 3.83. The van der Waals surface area contributed by atoms with Crippen LogP contribution >= 0.6 is 0 Å². The summed E-state index contributed by atoms with van der Waals surface area (Å²) in [6.45, 7) is 0.409. The van der Waals surface area contributed by atoms with Crippen LogP contribution in [0, 0.1) is 0 Å². The molecule has 0 aliphatic carbocycles. The number of fused-ring (bicyclic) bond motifs is 1. The number of rotatable bonds is 3. The highest BCUT2D eigenvalue weighted by Gasteiger charge is 2.29. The minimum atomic E-state index is -0.128. The Hall–Kier alpha value is -2.69. The molecule has 0 bridgehead atoms. The summed E-state index contributed by atoms with van der Waals surface area (Å²) in [5.41, 5.74) is 2.37. The van der Waals surface area contributed by atoms with Crippen molar-refractivity contribution in [1.29, 1.82) is 0 Å². The SMILES string of the molecule is COc1ccc(C2COc3cc(OC)ccc3/C2=N\O)cc1. The number of nitrogens with zero attached hydrogens (tertiary/aromatic N) is 1. The van der Waals surface area contributed by atoms with Crippen molar-refractivity contribution in [2.24, 2.45) is 5.16 Å². The molecule has 2 aromatic rings. The topological polar surface area (TPSA) is 60.3 Å². The Morgan fingerprint density at radius 3 is 2.36 bits per heavy atom. The molecule has 5 heteroatoms. The number of benzene rings is 2. The van der Waals surface area contributed by atoms with Gasteiger partial charge in [0.25, 0.3) is 0 Å². The maximum atomic E-state index is 9.47. The van der Waals surface area contributed by atoms with Crippen molar-refractivity contribution >= 4 is 5.71 Å². The molecule has 2 aromatic carbocycles. The largest absolute Gasteiger partial charge is 0.497 e. The number of hydrogen-bond acceptors (Lipinski definition) is 5. The molecule has 1 N–H and O–H groups in total. The van der Waals surface area contributed by atoms with E-state index in [-0.39, 0.29) is 5.92 Å². The zero-order chi connectivity index (χ0) is 15.5. The number of oxime groups is 1. The fraction of sp³-hybridized carbons (Fsp3) is 0.235. The summed E-state index contributed by atoms with van der Waals surface area (Å²) in [5, 5.41) is 13.0. The molecule has 1 unspecified atom stereocenters. The summed E-state index contributed by atoms with van der Waals surface area (Å²) in [5.74, 6) is 2.03. The van der Waals surface area contributed by atoms with Gasteiger partial charge in [-0.25, -0.2) is 0 Å². The van der Waals surface area contributed by atoms with Crippen molar-refractivity contribution < 1.29 is 19.4 Å². The van der Waals surface area contributed by atoms with E-state index in [2.05, 4.69) is 5.16 Å². The van der Waals surface area contributed by atoms with Gasteiger partial charge in [0.05, 0.1) is 20.1 Å². The molecular formula is C17H17NO4. The van der Waals surface area contributed by atoms with Crippen LogP contribution in [0.15, 0.2) is 47.6 Å². The van der Waals surface area contributed by atoms with Crippen LogP contribution in [-0.2, 0) is 0 Å². The quantitative estimate of drug-likeness (QED) is 0.699. The highest BCUT2D eigenvalue weighted by atomic mass is 16.5. The lowest BCUT2D eigenvalue weighted by molar-refractivity contribution is 0.283. The third-order valence-corrected chi connectivity index (χ3v) is 3.83. The van der Waals surface area contributed by atoms with Crippen LogP contribution in [0.2, 0.25) is 0 Å². The van der Waals surface area contributed by atoms with Gasteiger partial charge in [-0.2, -0.15) is 0 Å². The minimum absolute atomic E-state index is 0.128. The molecule has 0 aromatic heterocycles. The van der Waals surface area contributed by atoms with E-state index in [9.17, 15) is 5.21 Å². The van der Waals surface area contributed by atoms with E-state index in [1.807, 2.05) is 36.4 Å². The molecule has 5 nitrogen and oxygen atoms in total. The third kappa shape index (κ3) is 2.45. The number of methoxy groups -OCH3 is 2. The monoisotopic (exact) mass is 299 g/mol. The van der Waals surface area contributed by atoms with Gasteiger partial charge < -0.3 is 19.4 Å². The van der Waals surface area contributed by atoms with Crippen LogP contribution in [0.5, 0.6) is 17.2 Å². The lowest BCUT2D eigenvalue weighted by Crippen LogP contribution is -2.26. The summed E-state index contributed by atoms with van der Waals surface area (Å²) in [6.07, 6.45) is 0. The lowest BCUT2D eigenvalue weighted by Gasteiger charge is -2.27. The van der Waals surface area contributed by atoms with Gasteiger partial charge in [0.1, 0.15) is 29.6 Å². The van der Waals surface area contributed by atoms with Gasteiger partial charge in [0, 0.05) is 11.6 Å². The Morgan fingerprint density at radius 2 is 1.73 bits per heavy atom. The first-order valence-electron chi connectivity index (χ1n) is 6.94. The van der Waals surface area contributed by atoms with Crippen LogP contribution in [-0.4, -0.2) is 31.7 Å². The molecule has 1 aliphatic heterocycles. The van der Waals surface area contributed by atoms with Gasteiger partial charge >= 0.3 is 0 Å². The van der Waals surface area contributed by atoms with Crippen molar-refractivity contribution in [3.63, 3.8) is 0 Å². The van der Waals surface area contributed by atoms with Gasteiger partial charge in [0.15, 0.2) is 0 Å². The summed E-state index contributed by atoms with van der Waals surface area (Å²) >= 11 is 0. The maximum Gasteiger partial charge on any atom is 0.132 e. The maximum absolute atomic E-state index is 9.47. The first-order valence-corrected chi connectivity index (χ1v) is 6.94. The molecular weight excluding hydrogens is 282 g/mol. The highest BCUT2D eigenvalue weighted by molar-refractivity contribution is 6.07. The van der Waals surface area contributed by atoms with E-state index in [4.69, 9.17) is 14.2 Å². The Kier molecular flexibility index (Phi) is 3.87. The average molecular weight is 299 g/mol. The molecule has 0 fully saturated rings. The molecule has 3 rings (SSSR count). The molecule has 0 spiro atoms. The van der Waals surface area contributed by atoms with Crippen LogP contribution in [0.1, 0.15) is 17.0 Å². The van der Waals surface area contributed by atoms with Crippen LogP contribution < -0.4 is 14.2 Å². The predicted octanol–water partition coefficient (Wildman–Crippen LogP) is 3.06. The second-order valence-corrected chi connectivity index (χ2v) is 4.98. The summed E-state index contributed by atoms with van der Waals surface area (Å²) in [4.78, 5) is 0. The second-order valence-electron chi connectivity index (χ2n) is 4.98. The van der Waals surface area contributed by atoms with Crippen LogP contribution in [0.25, 0.3) is 0 Å². The van der Waals surface area contributed by atoms with E-state index in [1.54, 1.807) is 20.3 Å². The molecule has 0 amide bonds. The van der Waals surface area contributed by atoms with Crippen molar-refractivity contribution in [3.8, 4) is 17.2 Å². The molecule has 0 saturated heterocycles. The summed E-state index contributed by atoms with van der Waals surface area (Å²) in [6, 6.07) is 13.1. The molecule has 0 radical (unpaired) electrons. The van der Waals surface area contributed by atoms with Crippen LogP contribution in [0.3, 0.4) is 0 Å². The lowest BCUT2D eigenvalue weighted by atomic mass is 9.88. The Bertz CT molecular complexity index is 694. The summed E-state index contributed by atoms with van der Waals surface area (Å²) < 4.78 is 16.2. The second kappa shape index (κ2) is 5.97. The Labute approximate surface area is 128 Å². The molecule has 1 aliphatic rings. The standard InChI is InChI=1S/C17H17NO4/c1-20-12-5-3-11(4-6-12)15-10-22-16-9-13(21-2)7-8-14(16)17(15)18-19/h3-9,15,19H,10H2,1-2H3/b18-17+. The molecule has 1 heterocycles. The molecule has 1 atom stereocenters. The normalized spacial score (nSPS) is 18.5. The van der Waals surface area contributed by atoms with E-state index in [0.29, 0.717) is 23.8 Å². The van der Waals surface area contributed by atoms with Crippen LogP contribution in [0.4, 0.5) is 0 Å².